The molecule has 0 aliphatic carbocycles. The van der Waals surface area contributed by atoms with Crippen molar-refractivity contribution in [1.82, 2.24) is 0 Å². The van der Waals surface area contributed by atoms with Crippen LogP contribution in [-0.2, 0) is 4.79 Å². The molecule has 0 bridgehead atoms. The van der Waals surface area contributed by atoms with Crippen LogP contribution >= 0.6 is 0 Å². The van der Waals surface area contributed by atoms with Crippen molar-refractivity contribution in [1.29, 1.82) is 0 Å². The van der Waals surface area contributed by atoms with E-state index in [-0.39, 0.29) is 0 Å². The molecule has 0 saturated carbocycles. The maximum atomic E-state index is 10.4. The van der Waals surface area contributed by atoms with Crippen molar-refractivity contribution in [2.75, 3.05) is 6.61 Å². The first-order valence-electron chi connectivity index (χ1n) is 2.60. The van der Waals surface area contributed by atoms with E-state index in [0.717, 1.165) is 0 Å². The summed E-state index contributed by atoms with van der Waals surface area (Å²) in [6.07, 6.45) is -2.64. The van der Waals surface area contributed by atoms with Crippen LogP contribution in [0.1, 0.15) is 6.92 Å². The van der Waals surface area contributed by atoms with E-state index in [1.165, 1.54) is 6.92 Å². The molecule has 3 N–H and O–H groups in total. The van der Waals surface area contributed by atoms with Gasteiger partial charge in [0.25, 0.3) is 0 Å². The lowest BCUT2D eigenvalue weighted by Gasteiger charge is -2.06. The average Bonchev–Trinajstić information content (AvgIpc) is 1.84. The van der Waals surface area contributed by atoms with Crippen LogP contribution in [0.5, 0.6) is 0 Å². The standard InChI is InChI=1S/C5H10O4/c1-3(7)5(9)4(8)2-6/h3-4,6-8H,2H2,1H3/t3-,4-/m1/s1. The summed E-state index contributed by atoms with van der Waals surface area (Å²) >= 11 is 0. The Morgan fingerprint density at radius 1 is 1.56 bits per heavy atom. The van der Waals surface area contributed by atoms with Crippen LogP contribution in [0.3, 0.4) is 0 Å². The minimum absolute atomic E-state index is 0.635. The molecule has 0 aromatic rings. The first-order chi connectivity index (χ1) is 4.09. The maximum Gasteiger partial charge on any atom is 0.191 e. The second-order valence-corrected chi connectivity index (χ2v) is 1.78. The zero-order chi connectivity index (χ0) is 7.44. The highest BCUT2D eigenvalue weighted by Gasteiger charge is 2.17. The average molecular weight is 134 g/mol. The quantitative estimate of drug-likeness (QED) is 0.429. The van der Waals surface area contributed by atoms with Crippen LogP contribution in [0, 0.1) is 0 Å². The predicted molar refractivity (Wildman–Crippen MR) is 29.8 cm³/mol. The van der Waals surface area contributed by atoms with Gasteiger partial charge in [-0.3, -0.25) is 4.79 Å². The number of rotatable bonds is 3. The van der Waals surface area contributed by atoms with E-state index in [9.17, 15) is 4.79 Å². The molecular weight excluding hydrogens is 124 g/mol. The van der Waals surface area contributed by atoms with Gasteiger partial charge in [-0.05, 0) is 6.92 Å². The number of hydrogen-bond acceptors (Lipinski definition) is 4. The number of carbonyl (C=O) groups excluding carboxylic acids is 1. The molecule has 4 heteroatoms. The molecule has 0 unspecified atom stereocenters. The molecule has 0 heterocycles. The minimum Gasteiger partial charge on any atom is -0.393 e. The summed E-state index contributed by atoms with van der Waals surface area (Å²) in [7, 11) is 0. The van der Waals surface area contributed by atoms with E-state index in [4.69, 9.17) is 15.3 Å². The summed E-state index contributed by atoms with van der Waals surface area (Å²) in [5.74, 6) is -0.752. The lowest BCUT2D eigenvalue weighted by molar-refractivity contribution is -0.136. The maximum absolute atomic E-state index is 10.4. The highest BCUT2D eigenvalue weighted by atomic mass is 16.3. The Labute approximate surface area is 52.7 Å². The third-order valence-corrected chi connectivity index (χ3v) is 0.913. The Morgan fingerprint density at radius 2 is 2.00 bits per heavy atom. The summed E-state index contributed by atoms with van der Waals surface area (Å²) in [5.41, 5.74) is 0. The van der Waals surface area contributed by atoms with Crippen molar-refractivity contribution in [3.63, 3.8) is 0 Å². The Kier molecular flexibility index (Phi) is 3.37. The SMILES string of the molecule is C[C@@H](O)C(=O)[C@H](O)CO. The van der Waals surface area contributed by atoms with Gasteiger partial charge in [0.2, 0.25) is 0 Å². The van der Waals surface area contributed by atoms with Crippen molar-refractivity contribution in [2.24, 2.45) is 0 Å². The smallest absolute Gasteiger partial charge is 0.191 e. The van der Waals surface area contributed by atoms with Crippen LogP contribution in [0.15, 0.2) is 0 Å². The van der Waals surface area contributed by atoms with Crippen LogP contribution in [-0.4, -0.2) is 39.9 Å². The Hall–Kier alpha value is -0.450. The highest BCUT2D eigenvalue weighted by molar-refractivity contribution is 5.86. The van der Waals surface area contributed by atoms with E-state index < -0.39 is 24.6 Å². The van der Waals surface area contributed by atoms with Crippen molar-refractivity contribution in [3.05, 3.63) is 0 Å². The molecule has 0 spiro atoms. The lowest BCUT2D eigenvalue weighted by atomic mass is 10.2. The monoisotopic (exact) mass is 134 g/mol. The molecule has 0 saturated heterocycles. The van der Waals surface area contributed by atoms with Gasteiger partial charge in [0, 0.05) is 0 Å². The normalized spacial score (nSPS) is 16.9. The van der Waals surface area contributed by atoms with E-state index in [0.29, 0.717) is 0 Å². The number of carbonyl (C=O) groups is 1. The van der Waals surface area contributed by atoms with Crippen LogP contribution in [0.4, 0.5) is 0 Å². The summed E-state index contributed by atoms with van der Waals surface area (Å²) in [5, 5.41) is 25.2. The fraction of sp³-hybridized carbons (Fsp3) is 0.800. The topological polar surface area (TPSA) is 77.8 Å². The van der Waals surface area contributed by atoms with Gasteiger partial charge >= 0.3 is 0 Å². The molecule has 9 heavy (non-hydrogen) atoms. The lowest BCUT2D eigenvalue weighted by Crippen LogP contribution is -2.32. The van der Waals surface area contributed by atoms with Gasteiger partial charge in [0.15, 0.2) is 5.78 Å². The summed E-state index contributed by atoms with van der Waals surface area (Å²) in [6, 6.07) is 0. The van der Waals surface area contributed by atoms with Crippen molar-refractivity contribution >= 4 is 5.78 Å². The Balaban J connectivity index is 3.73. The fourth-order valence-electron chi connectivity index (χ4n) is 0.368. The first kappa shape index (κ1) is 8.55. The zero-order valence-electron chi connectivity index (χ0n) is 5.11. The third kappa shape index (κ3) is 2.55. The van der Waals surface area contributed by atoms with Crippen molar-refractivity contribution < 1.29 is 20.1 Å². The molecule has 0 fully saturated rings. The molecule has 4 nitrogen and oxygen atoms in total. The van der Waals surface area contributed by atoms with Crippen LogP contribution < -0.4 is 0 Å². The molecule has 0 aliphatic rings. The van der Waals surface area contributed by atoms with Crippen LogP contribution in [0.25, 0.3) is 0 Å². The number of aliphatic hydroxyl groups is 3. The van der Waals surface area contributed by atoms with E-state index in [1.807, 2.05) is 0 Å². The number of ketones is 1. The van der Waals surface area contributed by atoms with Gasteiger partial charge in [-0.2, -0.15) is 0 Å². The number of hydrogen-bond donors (Lipinski definition) is 3. The fourth-order valence-corrected chi connectivity index (χ4v) is 0.368. The molecule has 0 aromatic heterocycles. The zero-order valence-corrected chi connectivity index (χ0v) is 5.11. The van der Waals surface area contributed by atoms with E-state index in [1.54, 1.807) is 0 Å². The van der Waals surface area contributed by atoms with Gasteiger partial charge in [-0.25, -0.2) is 0 Å². The third-order valence-electron chi connectivity index (χ3n) is 0.913. The molecule has 0 aromatic carbocycles. The van der Waals surface area contributed by atoms with Gasteiger partial charge < -0.3 is 15.3 Å². The largest absolute Gasteiger partial charge is 0.393 e. The Morgan fingerprint density at radius 3 is 2.11 bits per heavy atom. The second kappa shape index (κ2) is 3.55. The predicted octanol–water partition coefficient (Wildman–Crippen LogP) is -1.71. The first-order valence-corrected chi connectivity index (χ1v) is 2.60. The molecule has 2 atom stereocenters. The molecular formula is C5H10O4. The van der Waals surface area contributed by atoms with E-state index in [2.05, 4.69) is 0 Å². The molecule has 0 radical (unpaired) electrons. The minimum atomic E-state index is -1.44. The van der Waals surface area contributed by atoms with Crippen LogP contribution in [0.2, 0.25) is 0 Å². The molecule has 0 rings (SSSR count). The van der Waals surface area contributed by atoms with Gasteiger partial charge in [0.1, 0.15) is 12.2 Å². The van der Waals surface area contributed by atoms with Crippen molar-refractivity contribution in [3.8, 4) is 0 Å². The van der Waals surface area contributed by atoms with Gasteiger partial charge in [-0.15, -0.1) is 0 Å². The second-order valence-electron chi connectivity index (χ2n) is 1.78. The molecule has 54 valence electrons. The summed E-state index contributed by atoms with van der Waals surface area (Å²) < 4.78 is 0. The number of Topliss-reactive ketones (excluding diaryl/α,β-unsaturated/α-hetero) is 1. The van der Waals surface area contributed by atoms with E-state index >= 15 is 0 Å². The summed E-state index contributed by atoms with van der Waals surface area (Å²) in [4.78, 5) is 10.4. The van der Waals surface area contributed by atoms with Gasteiger partial charge in [-0.1, -0.05) is 0 Å². The van der Waals surface area contributed by atoms with Gasteiger partial charge in [0.05, 0.1) is 6.61 Å². The molecule has 0 amide bonds. The molecule has 0 aliphatic heterocycles. The summed E-state index contributed by atoms with van der Waals surface area (Å²) in [6.45, 7) is 0.602. The Bertz CT molecular complexity index is 99.1. The highest BCUT2D eigenvalue weighted by Crippen LogP contribution is 1.89. The number of aliphatic hydroxyl groups excluding tert-OH is 3. The van der Waals surface area contributed by atoms with Crippen molar-refractivity contribution in [2.45, 2.75) is 19.1 Å².